The quantitative estimate of drug-likeness (QED) is 0.687. The molecule has 0 radical (unpaired) electrons. The predicted molar refractivity (Wildman–Crippen MR) is 42.9 cm³/mol. The fourth-order valence-electron chi connectivity index (χ4n) is 0.869. The van der Waals surface area contributed by atoms with Crippen molar-refractivity contribution in [3.05, 3.63) is 16.3 Å². The number of hydrogen-bond donors (Lipinski definition) is 0. The van der Waals surface area contributed by atoms with Gasteiger partial charge in [-0.25, -0.2) is 0 Å². The summed E-state index contributed by atoms with van der Waals surface area (Å²) in [6, 6.07) is 0.282. The van der Waals surface area contributed by atoms with E-state index in [-0.39, 0.29) is 17.8 Å². The standard InChI is InChI=1S/C7H9BrN2/c1-5-4-9-10(7(5)8)6-2-3-6/h4,6H,2-3H2,1H3/i1D3,4D. The van der Waals surface area contributed by atoms with Gasteiger partial charge in [0, 0.05) is 9.68 Å². The van der Waals surface area contributed by atoms with Gasteiger partial charge < -0.3 is 0 Å². The number of rotatable bonds is 1. The Balaban J connectivity index is 2.49. The summed E-state index contributed by atoms with van der Waals surface area (Å²) in [5.74, 6) is 0. The van der Waals surface area contributed by atoms with Crippen LogP contribution in [0, 0.1) is 6.85 Å². The average molecular weight is 205 g/mol. The highest BCUT2D eigenvalue weighted by atomic mass is 79.9. The van der Waals surface area contributed by atoms with Gasteiger partial charge in [0.25, 0.3) is 0 Å². The lowest BCUT2D eigenvalue weighted by atomic mass is 10.4. The van der Waals surface area contributed by atoms with Crippen molar-refractivity contribution in [2.24, 2.45) is 0 Å². The highest BCUT2D eigenvalue weighted by molar-refractivity contribution is 9.10. The monoisotopic (exact) mass is 204 g/mol. The van der Waals surface area contributed by atoms with Gasteiger partial charge in [-0.15, -0.1) is 0 Å². The molecule has 3 heteroatoms. The van der Waals surface area contributed by atoms with E-state index in [1.54, 1.807) is 4.68 Å². The Hall–Kier alpha value is -0.310. The highest BCUT2D eigenvalue weighted by Gasteiger charge is 2.26. The Kier molecular flexibility index (Phi) is 0.708. The molecule has 0 N–H and O–H groups in total. The summed E-state index contributed by atoms with van der Waals surface area (Å²) < 4.78 is 31.3. The Bertz CT molecular complexity index is 367. The van der Waals surface area contributed by atoms with Crippen molar-refractivity contribution >= 4 is 15.9 Å². The first-order valence-electron chi connectivity index (χ1n) is 5.16. The second kappa shape index (κ2) is 2.09. The summed E-state index contributed by atoms with van der Waals surface area (Å²) >= 11 is 3.20. The van der Waals surface area contributed by atoms with Crippen LogP contribution in [0.15, 0.2) is 10.8 Å². The minimum absolute atomic E-state index is 0.0180. The molecular weight excluding hydrogens is 192 g/mol. The van der Waals surface area contributed by atoms with Crippen LogP contribution in [-0.2, 0) is 0 Å². The minimum atomic E-state index is -2.26. The van der Waals surface area contributed by atoms with Gasteiger partial charge in [0.05, 0.1) is 13.6 Å². The molecule has 1 fully saturated rings. The third-order valence-corrected chi connectivity index (χ3v) is 2.33. The van der Waals surface area contributed by atoms with Gasteiger partial charge in [0.1, 0.15) is 4.60 Å². The van der Waals surface area contributed by atoms with Gasteiger partial charge >= 0.3 is 0 Å². The molecule has 1 aromatic rings. The maximum absolute atomic E-state index is 7.49. The van der Waals surface area contributed by atoms with Crippen molar-refractivity contribution in [3.63, 3.8) is 0 Å². The van der Waals surface area contributed by atoms with E-state index in [0.717, 1.165) is 12.8 Å². The SMILES string of the molecule is [2H]c1nn(C2CC2)c(Br)c1C([2H])([2H])[2H]. The van der Waals surface area contributed by atoms with E-state index in [9.17, 15) is 0 Å². The van der Waals surface area contributed by atoms with Gasteiger partial charge in [-0.1, -0.05) is 0 Å². The minimum Gasteiger partial charge on any atom is -0.255 e. The third kappa shape index (κ3) is 0.888. The van der Waals surface area contributed by atoms with Crippen LogP contribution in [0.4, 0.5) is 0 Å². The van der Waals surface area contributed by atoms with Crippen LogP contribution in [-0.4, -0.2) is 9.78 Å². The van der Waals surface area contributed by atoms with Crippen LogP contribution in [0.3, 0.4) is 0 Å². The number of halogens is 1. The molecule has 0 atom stereocenters. The zero-order valence-electron chi connectivity index (χ0n) is 9.26. The van der Waals surface area contributed by atoms with Crippen molar-refractivity contribution in [2.75, 3.05) is 0 Å². The van der Waals surface area contributed by atoms with E-state index in [0.29, 0.717) is 4.60 Å². The van der Waals surface area contributed by atoms with Crippen molar-refractivity contribution in [1.82, 2.24) is 9.78 Å². The van der Waals surface area contributed by atoms with Gasteiger partial charge in [-0.2, -0.15) is 5.10 Å². The molecule has 2 nitrogen and oxygen atoms in total. The molecule has 0 bridgehead atoms. The van der Waals surface area contributed by atoms with Crippen molar-refractivity contribution in [3.8, 4) is 0 Å². The Morgan fingerprint density at radius 3 is 3.30 bits per heavy atom. The molecule has 1 aliphatic rings. The van der Waals surface area contributed by atoms with E-state index >= 15 is 0 Å². The van der Waals surface area contributed by atoms with Crippen LogP contribution in [0.1, 0.15) is 29.9 Å². The number of hydrogen-bond acceptors (Lipinski definition) is 1. The van der Waals surface area contributed by atoms with Gasteiger partial charge in [-0.3, -0.25) is 4.68 Å². The summed E-state index contributed by atoms with van der Waals surface area (Å²) in [6.07, 6.45) is 1.88. The fraction of sp³-hybridized carbons (Fsp3) is 0.571. The topological polar surface area (TPSA) is 17.8 Å². The third-order valence-electron chi connectivity index (χ3n) is 1.57. The summed E-state index contributed by atoms with van der Waals surface area (Å²) in [5, 5.41) is 3.92. The Morgan fingerprint density at radius 2 is 2.80 bits per heavy atom. The lowest BCUT2D eigenvalue weighted by Crippen LogP contribution is -1.95. The zero-order valence-corrected chi connectivity index (χ0v) is 6.85. The Morgan fingerprint density at radius 1 is 2.00 bits per heavy atom. The first-order valence-corrected chi connectivity index (χ1v) is 3.95. The Labute approximate surface area is 74.0 Å². The second-order valence-electron chi connectivity index (χ2n) is 2.45. The smallest absolute Gasteiger partial charge is 0.107 e. The molecule has 54 valence electrons. The first kappa shape index (κ1) is 3.39. The summed E-state index contributed by atoms with van der Waals surface area (Å²) in [5.41, 5.74) is 0.0180. The molecule has 2 rings (SSSR count). The molecule has 0 unspecified atom stereocenters. The zero-order chi connectivity index (χ0) is 10.5. The van der Waals surface area contributed by atoms with E-state index in [4.69, 9.17) is 5.48 Å². The first-order chi connectivity index (χ1) is 6.41. The molecule has 1 aliphatic carbocycles. The fourth-order valence-corrected chi connectivity index (χ4v) is 1.33. The second-order valence-corrected chi connectivity index (χ2v) is 3.20. The van der Waals surface area contributed by atoms with E-state index in [1.165, 1.54) is 0 Å². The van der Waals surface area contributed by atoms with Crippen LogP contribution in [0.2, 0.25) is 0 Å². The number of nitrogens with zero attached hydrogens (tertiary/aromatic N) is 2. The summed E-state index contributed by atoms with van der Waals surface area (Å²) in [7, 11) is 0. The van der Waals surface area contributed by atoms with Crippen LogP contribution < -0.4 is 0 Å². The van der Waals surface area contributed by atoms with Crippen molar-refractivity contribution in [2.45, 2.75) is 25.7 Å². The molecule has 1 aromatic heterocycles. The molecule has 0 spiro atoms. The highest BCUT2D eigenvalue weighted by Crippen LogP contribution is 2.37. The van der Waals surface area contributed by atoms with Crippen molar-refractivity contribution < 1.29 is 5.48 Å². The summed E-state index contributed by atoms with van der Waals surface area (Å²) in [4.78, 5) is 0. The normalized spacial score (nSPS) is 24.9. The van der Waals surface area contributed by atoms with Crippen molar-refractivity contribution in [1.29, 1.82) is 0 Å². The number of aromatic nitrogens is 2. The van der Waals surface area contributed by atoms with Crippen LogP contribution >= 0.6 is 15.9 Å². The molecule has 0 saturated heterocycles. The van der Waals surface area contributed by atoms with E-state index in [1.807, 2.05) is 0 Å². The maximum Gasteiger partial charge on any atom is 0.107 e. The van der Waals surface area contributed by atoms with E-state index in [2.05, 4.69) is 21.0 Å². The maximum atomic E-state index is 7.49. The lowest BCUT2D eigenvalue weighted by Gasteiger charge is -1.97. The van der Waals surface area contributed by atoms with Gasteiger partial charge in [-0.05, 0) is 35.6 Å². The van der Waals surface area contributed by atoms with Gasteiger partial charge in [0.15, 0.2) is 0 Å². The average Bonchev–Trinajstić information content (AvgIpc) is 2.76. The molecule has 1 saturated carbocycles. The van der Waals surface area contributed by atoms with Gasteiger partial charge in [0.2, 0.25) is 0 Å². The lowest BCUT2D eigenvalue weighted by molar-refractivity contribution is 0.627. The molecule has 0 aromatic carbocycles. The van der Waals surface area contributed by atoms with Crippen LogP contribution in [0.5, 0.6) is 0 Å². The summed E-state index contributed by atoms with van der Waals surface area (Å²) in [6.45, 7) is -2.26. The van der Waals surface area contributed by atoms with E-state index < -0.39 is 6.85 Å². The molecule has 0 aliphatic heterocycles. The molecular formula is C7H9BrN2. The largest absolute Gasteiger partial charge is 0.255 e. The molecule has 0 amide bonds. The molecule has 10 heavy (non-hydrogen) atoms. The molecule has 1 heterocycles. The van der Waals surface area contributed by atoms with Crippen LogP contribution in [0.25, 0.3) is 0 Å². The predicted octanol–water partition coefficient (Wildman–Crippen LogP) is 2.29.